The number of halogens is 3. The second-order valence-corrected chi connectivity index (χ2v) is 9.77. The third-order valence-corrected chi connectivity index (χ3v) is 7.27. The van der Waals surface area contributed by atoms with E-state index in [0.717, 1.165) is 48.6 Å². The summed E-state index contributed by atoms with van der Waals surface area (Å²) in [7, 11) is 2.07. The van der Waals surface area contributed by atoms with Gasteiger partial charge >= 0.3 is 12.1 Å². The molecule has 1 aliphatic rings. The summed E-state index contributed by atoms with van der Waals surface area (Å²) in [5.41, 5.74) is 3.53. The molecule has 1 saturated heterocycles. The summed E-state index contributed by atoms with van der Waals surface area (Å²) in [6.07, 6.45) is 2.22. The third kappa shape index (κ3) is 4.74. The van der Waals surface area contributed by atoms with Crippen molar-refractivity contribution in [3.05, 3.63) is 88.7 Å². The molecule has 3 aromatic heterocycles. The van der Waals surface area contributed by atoms with E-state index in [4.69, 9.17) is 4.42 Å². The number of hydrogen-bond acceptors (Lipinski definition) is 6. The van der Waals surface area contributed by atoms with Gasteiger partial charge in [0.1, 0.15) is 5.82 Å². The van der Waals surface area contributed by atoms with Gasteiger partial charge in [-0.25, -0.2) is 9.18 Å². The predicted octanol–water partition coefficient (Wildman–Crippen LogP) is 5.31. The van der Waals surface area contributed by atoms with Crippen LogP contribution in [0.5, 0.6) is 0 Å². The maximum absolute atomic E-state index is 15.3. The minimum atomic E-state index is -2.92. The van der Waals surface area contributed by atoms with E-state index < -0.39 is 18.1 Å². The fourth-order valence-corrected chi connectivity index (χ4v) is 5.17. The summed E-state index contributed by atoms with van der Waals surface area (Å²) < 4.78 is 49.3. The van der Waals surface area contributed by atoms with E-state index in [0.29, 0.717) is 5.52 Å². The Labute approximate surface area is 221 Å². The lowest BCUT2D eigenvalue weighted by atomic mass is 10.0. The monoisotopic (exact) mass is 534 g/mol. The number of piperidine rings is 1. The number of fused-ring (bicyclic) bond motifs is 1. The Bertz CT molecular complexity index is 1690. The molecule has 4 heterocycles. The quantitative estimate of drug-likeness (QED) is 0.294. The first kappa shape index (κ1) is 25.1. The highest BCUT2D eigenvalue weighted by atomic mass is 19.3. The smallest absolute Gasteiger partial charge is 0.329 e. The van der Waals surface area contributed by atoms with Crippen LogP contribution in [0.4, 0.5) is 13.2 Å². The van der Waals surface area contributed by atoms with Crippen molar-refractivity contribution < 1.29 is 17.6 Å². The molecule has 200 valence electrons. The van der Waals surface area contributed by atoms with Gasteiger partial charge in [-0.2, -0.15) is 8.78 Å². The van der Waals surface area contributed by atoms with Gasteiger partial charge in [-0.1, -0.05) is 18.2 Å². The van der Waals surface area contributed by atoms with Crippen LogP contribution in [0.2, 0.25) is 0 Å². The van der Waals surface area contributed by atoms with Gasteiger partial charge in [-0.15, -0.1) is 10.2 Å². The molecule has 39 heavy (non-hydrogen) atoms. The molecule has 2 aromatic carbocycles. The number of nitrogens with zero attached hydrogens (tertiary/aromatic N) is 6. The van der Waals surface area contributed by atoms with Crippen molar-refractivity contribution in [3.63, 3.8) is 0 Å². The Balaban J connectivity index is 1.42. The molecule has 0 atom stereocenters. The van der Waals surface area contributed by atoms with E-state index in [1.807, 2.05) is 34.9 Å². The van der Waals surface area contributed by atoms with E-state index in [1.54, 1.807) is 17.0 Å². The number of alkyl halides is 2. The van der Waals surface area contributed by atoms with Crippen molar-refractivity contribution in [2.24, 2.45) is 0 Å². The largest absolute Gasteiger partial charge is 0.415 e. The number of rotatable bonds is 6. The second-order valence-electron chi connectivity index (χ2n) is 9.77. The van der Waals surface area contributed by atoms with Crippen LogP contribution in [0.25, 0.3) is 33.6 Å². The Morgan fingerprint density at radius 3 is 2.49 bits per heavy atom. The first-order valence-electron chi connectivity index (χ1n) is 12.6. The number of benzene rings is 2. The van der Waals surface area contributed by atoms with E-state index in [2.05, 4.69) is 27.1 Å². The summed E-state index contributed by atoms with van der Waals surface area (Å²) in [5.74, 6) is -1.64. The molecule has 0 aliphatic carbocycles. The first-order chi connectivity index (χ1) is 18.9. The van der Waals surface area contributed by atoms with E-state index in [1.165, 1.54) is 12.1 Å². The van der Waals surface area contributed by atoms with Gasteiger partial charge in [0.25, 0.3) is 5.89 Å². The van der Waals surface area contributed by atoms with Gasteiger partial charge in [-0.05, 0) is 68.9 Å². The fraction of sp³-hybridized carbons (Fsp3) is 0.286. The lowest BCUT2D eigenvalue weighted by Gasteiger charge is -2.29. The summed E-state index contributed by atoms with van der Waals surface area (Å²) in [6.45, 7) is 1.76. The zero-order valence-corrected chi connectivity index (χ0v) is 21.1. The molecule has 6 rings (SSSR count). The molecular weight excluding hydrogens is 509 g/mol. The van der Waals surface area contributed by atoms with Crippen LogP contribution in [-0.2, 0) is 6.54 Å². The van der Waals surface area contributed by atoms with Gasteiger partial charge in [0.15, 0.2) is 0 Å². The van der Waals surface area contributed by atoms with Crippen LogP contribution in [-0.4, -0.2) is 49.4 Å². The minimum absolute atomic E-state index is 0.0102. The number of aromatic nitrogens is 5. The summed E-state index contributed by atoms with van der Waals surface area (Å²) in [5, 5.41) is 6.88. The van der Waals surface area contributed by atoms with Crippen molar-refractivity contribution in [2.45, 2.75) is 31.9 Å². The highest BCUT2D eigenvalue weighted by Crippen LogP contribution is 2.30. The van der Waals surface area contributed by atoms with Crippen LogP contribution in [0.15, 0.2) is 70.1 Å². The molecule has 5 aromatic rings. The molecule has 11 heteroatoms. The van der Waals surface area contributed by atoms with Gasteiger partial charge < -0.3 is 9.32 Å². The molecule has 0 unspecified atom stereocenters. The lowest BCUT2D eigenvalue weighted by Crippen LogP contribution is -2.36. The highest BCUT2D eigenvalue weighted by Gasteiger charge is 2.25. The Kier molecular flexibility index (Phi) is 6.51. The van der Waals surface area contributed by atoms with E-state index in [-0.39, 0.29) is 35.3 Å². The fourth-order valence-electron chi connectivity index (χ4n) is 5.17. The number of hydrogen-bond donors (Lipinski definition) is 0. The molecule has 0 spiro atoms. The Hall–Kier alpha value is -4.25. The number of likely N-dealkylation sites (tertiary alicyclic amines) is 1. The zero-order chi connectivity index (χ0) is 27.1. The van der Waals surface area contributed by atoms with Gasteiger partial charge in [0.05, 0.1) is 17.6 Å². The van der Waals surface area contributed by atoms with Crippen molar-refractivity contribution in [3.8, 4) is 22.6 Å². The third-order valence-electron chi connectivity index (χ3n) is 7.27. The molecule has 0 saturated carbocycles. The van der Waals surface area contributed by atoms with Crippen molar-refractivity contribution in [1.29, 1.82) is 0 Å². The molecule has 1 aliphatic heterocycles. The van der Waals surface area contributed by atoms with Crippen LogP contribution < -0.4 is 5.69 Å². The first-order valence-corrected chi connectivity index (χ1v) is 12.6. The highest BCUT2D eigenvalue weighted by molar-refractivity contribution is 5.83. The number of pyridine rings is 1. The second kappa shape index (κ2) is 10.1. The topological polar surface area (TPSA) is 82.0 Å². The molecule has 0 N–H and O–H groups in total. The van der Waals surface area contributed by atoms with Crippen LogP contribution in [0.1, 0.15) is 36.8 Å². The van der Waals surface area contributed by atoms with E-state index >= 15 is 4.39 Å². The zero-order valence-electron chi connectivity index (χ0n) is 21.1. The molecule has 0 radical (unpaired) electrons. The molecule has 0 amide bonds. The molecular formula is C28H25F3N6O2. The number of imidazole rings is 1. The van der Waals surface area contributed by atoms with E-state index in [9.17, 15) is 13.6 Å². The minimum Gasteiger partial charge on any atom is -0.415 e. The average molecular weight is 535 g/mol. The maximum atomic E-state index is 15.3. The SMILES string of the molecule is CN1CCC(n2c(=O)n(Cc3ccc(-c4nnc(C(F)F)o4)cc3F)c3cc(-c4cccnc4)ccc32)CC1. The summed E-state index contributed by atoms with van der Waals surface area (Å²) in [4.78, 5) is 20.3. The van der Waals surface area contributed by atoms with Gasteiger partial charge in [0, 0.05) is 35.1 Å². The standard InChI is InChI=1S/C28H25F3N6O2/c1-35-11-8-21(9-12-35)37-23-7-6-17(19-3-2-10-32-15-19)14-24(23)36(28(37)38)16-20-5-4-18(13-22(20)29)26-33-34-27(39-26)25(30)31/h2-7,10,13-15,21,25H,8-9,11-12,16H2,1H3. The van der Waals surface area contributed by atoms with Crippen molar-refractivity contribution in [1.82, 2.24) is 29.2 Å². The van der Waals surface area contributed by atoms with Crippen LogP contribution >= 0.6 is 0 Å². The van der Waals surface area contributed by atoms with Crippen LogP contribution in [0, 0.1) is 5.82 Å². The molecule has 0 bridgehead atoms. The Morgan fingerprint density at radius 2 is 1.79 bits per heavy atom. The summed E-state index contributed by atoms with van der Waals surface area (Å²) in [6, 6.07) is 13.9. The molecule has 1 fully saturated rings. The van der Waals surface area contributed by atoms with Gasteiger partial charge in [-0.3, -0.25) is 14.1 Å². The average Bonchev–Trinajstić information content (AvgIpc) is 3.54. The molecule has 8 nitrogen and oxygen atoms in total. The lowest BCUT2D eigenvalue weighted by molar-refractivity contribution is 0.116. The summed E-state index contributed by atoms with van der Waals surface area (Å²) >= 11 is 0. The predicted molar refractivity (Wildman–Crippen MR) is 139 cm³/mol. The van der Waals surface area contributed by atoms with Crippen molar-refractivity contribution >= 4 is 11.0 Å². The Morgan fingerprint density at radius 1 is 1.00 bits per heavy atom. The normalized spacial score (nSPS) is 15.0. The van der Waals surface area contributed by atoms with Crippen LogP contribution in [0.3, 0.4) is 0 Å². The van der Waals surface area contributed by atoms with Gasteiger partial charge in [0.2, 0.25) is 5.89 Å². The maximum Gasteiger partial charge on any atom is 0.329 e. The van der Waals surface area contributed by atoms with Crippen molar-refractivity contribution in [2.75, 3.05) is 20.1 Å².